The Labute approximate surface area is 201 Å². The Morgan fingerprint density at radius 2 is 2.06 bits per heavy atom. The summed E-state index contributed by atoms with van der Waals surface area (Å²) in [5, 5.41) is 9.80. The van der Waals surface area contributed by atoms with E-state index in [0.29, 0.717) is 36.3 Å². The van der Waals surface area contributed by atoms with Gasteiger partial charge >= 0.3 is 0 Å². The van der Waals surface area contributed by atoms with Crippen LogP contribution in [0.2, 0.25) is 0 Å². The number of hydrogen-bond donors (Lipinski definition) is 1. The van der Waals surface area contributed by atoms with Gasteiger partial charge in [-0.3, -0.25) is 9.69 Å². The molecule has 0 saturated heterocycles. The monoisotopic (exact) mass is 467 g/mol. The first kappa shape index (κ1) is 25.7. The fourth-order valence-corrected chi connectivity index (χ4v) is 3.91. The van der Waals surface area contributed by atoms with E-state index < -0.39 is 0 Å². The summed E-state index contributed by atoms with van der Waals surface area (Å²) in [4.78, 5) is 21.6. The van der Waals surface area contributed by atoms with E-state index in [9.17, 15) is 14.3 Å². The van der Waals surface area contributed by atoms with Crippen LogP contribution in [-0.4, -0.2) is 64.7 Å². The molecule has 1 aromatic carbocycles. The molecule has 0 bridgehead atoms. The van der Waals surface area contributed by atoms with Gasteiger partial charge in [0.25, 0.3) is 5.91 Å². The zero-order chi connectivity index (χ0) is 24.8. The van der Waals surface area contributed by atoms with E-state index in [0.717, 1.165) is 0 Å². The van der Waals surface area contributed by atoms with Crippen LogP contribution in [0.4, 0.5) is 4.39 Å². The van der Waals surface area contributed by atoms with Gasteiger partial charge in [0.15, 0.2) is 0 Å². The van der Waals surface area contributed by atoms with Gasteiger partial charge in [0.1, 0.15) is 17.5 Å². The summed E-state index contributed by atoms with van der Waals surface area (Å²) in [5.74, 6) is 6.08. The molecule has 0 radical (unpaired) electrons. The van der Waals surface area contributed by atoms with Crippen LogP contribution in [0.1, 0.15) is 49.2 Å². The predicted octanol–water partition coefficient (Wildman–Crippen LogP) is 3.58. The van der Waals surface area contributed by atoms with Crippen molar-refractivity contribution < 1.29 is 19.0 Å². The molecular formula is C27H34FN3O3. The van der Waals surface area contributed by atoms with Gasteiger partial charge in [0.2, 0.25) is 5.88 Å². The predicted molar refractivity (Wildman–Crippen MR) is 130 cm³/mol. The number of aliphatic hydroxyl groups excluding tert-OH is 1. The van der Waals surface area contributed by atoms with E-state index in [4.69, 9.17) is 4.74 Å². The Morgan fingerprint density at radius 3 is 2.74 bits per heavy atom. The maximum Gasteiger partial charge on any atom is 0.259 e. The second-order valence-corrected chi connectivity index (χ2v) is 9.41. The number of ether oxygens (including phenoxy) is 1. The van der Waals surface area contributed by atoms with E-state index >= 15 is 0 Å². The van der Waals surface area contributed by atoms with Crippen LogP contribution in [0, 0.1) is 29.5 Å². The third-order valence-corrected chi connectivity index (χ3v) is 5.92. The summed E-state index contributed by atoms with van der Waals surface area (Å²) in [6.07, 6.45) is 1.32. The highest BCUT2D eigenvalue weighted by atomic mass is 19.1. The molecule has 2 aromatic rings. The van der Waals surface area contributed by atoms with E-state index in [1.54, 1.807) is 29.3 Å². The Balaban J connectivity index is 1.91. The van der Waals surface area contributed by atoms with Crippen LogP contribution < -0.4 is 4.74 Å². The number of amides is 1. The van der Waals surface area contributed by atoms with Gasteiger partial charge in [-0.1, -0.05) is 50.8 Å². The van der Waals surface area contributed by atoms with Crippen LogP contribution >= 0.6 is 0 Å². The molecule has 7 heteroatoms. The van der Waals surface area contributed by atoms with Crippen molar-refractivity contribution in [3.63, 3.8) is 0 Å². The molecule has 1 aromatic heterocycles. The molecule has 0 saturated carbocycles. The molecule has 1 amide bonds. The molecular weight excluding hydrogens is 433 g/mol. The van der Waals surface area contributed by atoms with Crippen molar-refractivity contribution in [2.45, 2.75) is 46.4 Å². The van der Waals surface area contributed by atoms with Crippen LogP contribution in [-0.2, 0) is 6.54 Å². The largest absolute Gasteiger partial charge is 0.472 e. The lowest BCUT2D eigenvalue weighted by Crippen LogP contribution is -2.49. The summed E-state index contributed by atoms with van der Waals surface area (Å²) < 4.78 is 20.4. The van der Waals surface area contributed by atoms with Gasteiger partial charge in [-0.2, -0.15) is 0 Å². The lowest BCUT2D eigenvalue weighted by atomic mass is 9.99. The molecule has 0 unspecified atom stereocenters. The molecule has 0 aliphatic carbocycles. The third-order valence-electron chi connectivity index (χ3n) is 5.92. The Hall–Kier alpha value is -2.95. The second-order valence-electron chi connectivity index (χ2n) is 9.41. The molecule has 3 rings (SSSR count). The van der Waals surface area contributed by atoms with Crippen molar-refractivity contribution in [1.82, 2.24) is 14.8 Å². The minimum absolute atomic E-state index is 0.0450. The van der Waals surface area contributed by atoms with E-state index in [2.05, 4.69) is 16.8 Å². The third kappa shape index (κ3) is 6.34. The fraction of sp³-hybridized carbons (Fsp3) is 0.481. The maximum atomic E-state index is 14.1. The number of likely N-dealkylation sites (N-methyl/N-ethyl adjacent to an activating group) is 1. The highest BCUT2D eigenvalue weighted by Gasteiger charge is 2.34. The van der Waals surface area contributed by atoms with Crippen molar-refractivity contribution in [3.8, 4) is 17.7 Å². The first-order valence-corrected chi connectivity index (χ1v) is 11.7. The van der Waals surface area contributed by atoms with Crippen molar-refractivity contribution in [2.75, 3.05) is 26.7 Å². The van der Waals surface area contributed by atoms with E-state index in [-0.39, 0.29) is 48.2 Å². The average Bonchev–Trinajstić information content (AvgIpc) is 2.81. The summed E-state index contributed by atoms with van der Waals surface area (Å²) >= 11 is 0. The number of fused-ring (bicyclic) bond motifs is 1. The summed E-state index contributed by atoms with van der Waals surface area (Å²) in [7, 11) is 1.92. The quantitative estimate of drug-likeness (QED) is 0.658. The zero-order valence-corrected chi connectivity index (χ0v) is 20.6. The molecule has 1 aliphatic rings. The van der Waals surface area contributed by atoms with Crippen LogP contribution in [0.3, 0.4) is 0 Å². The molecule has 1 N–H and O–H groups in total. The first-order valence-electron chi connectivity index (χ1n) is 11.7. The number of pyridine rings is 1. The summed E-state index contributed by atoms with van der Waals surface area (Å²) in [6.45, 7) is 9.04. The van der Waals surface area contributed by atoms with Crippen LogP contribution in [0.15, 0.2) is 36.5 Å². The van der Waals surface area contributed by atoms with Gasteiger partial charge in [-0.05, 0) is 26.1 Å². The SMILES string of the molecule is CC(C)C#Cc1cnc2c(c1)C(=O)N([C@H](C)CO)C[C@H](C)[C@@H](CN(C)Cc1ccccc1F)O2. The first-order chi connectivity index (χ1) is 16.2. The van der Waals surface area contributed by atoms with Crippen LogP contribution in [0.5, 0.6) is 5.88 Å². The fourth-order valence-electron chi connectivity index (χ4n) is 3.91. The molecule has 2 heterocycles. The van der Waals surface area contributed by atoms with Crippen molar-refractivity contribution in [1.29, 1.82) is 0 Å². The maximum absolute atomic E-state index is 14.1. The van der Waals surface area contributed by atoms with Crippen LogP contribution in [0.25, 0.3) is 0 Å². The highest BCUT2D eigenvalue weighted by molar-refractivity contribution is 5.97. The van der Waals surface area contributed by atoms with E-state index in [1.165, 1.54) is 6.07 Å². The molecule has 34 heavy (non-hydrogen) atoms. The molecule has 3 atom stereocenters. The highest BCUT2D eigenvalue weighted by Crippen LogP contribution is 2.27. The Bertz CT molecular complexity index is 1060. The molecule has 0 fully saturated rings. The topological polar surface area (TPSA) is 65.9 Å². The molecule has 1 aliphatic heterocycles. The normalized spacial score (nSPS) is 19.1. The molecule has 182 valence electrons. The minimum atomic E-state index is -0.358. The number of hydrogen-bond acceptors (Lipinski definition) is 5. The minimum Gasteiger partial charge on any atom is -0.472 e. The average molecular weight is 468 g/mol. The zero-order valence-electron chi connectivity index (χ0n) is 20.6. The number of aromatic nitrogens is 1. The van der Waals surface area contributed by atoms with Gasteiger partial charge in [-0.15, -0.1) is 0 Å². The second kappa shape index (κ2) is 11.5. The standard InChI is InChI=1S/C27H34FN3O3/c1-18(2)10-11-21-12-23-26(29-13-21)34-25(19(3)14-31(27(23)33)20(4)17-32)16-30(5)15-22-8-6-7-9-24(22)28/h6-9,12-13,18-20,25,32H,14-17H2,1-5H3/t19-,20+,25+/m0/s1. The number of carbonyl (C=O) groups is 1. The Kier molecular flexibility index (Phi) is 8.65. The summed E-state index contributed by atoms with van der Waals surface area (Å²) in [6, 6.07) is 8.08. The molecule has 0 spiro atoms. The van der Waals surface area contributed by atoms with Gasteiger partial charge in [0.05, 0.1) is 12.6 Å². The van der Waals surface area contributed by atoms with Gasteiger partial charge in [0, 0.05) is 48.8 Å². The number of rotatable bonds is 6. The Morgan fingerprint density at radius 1 is 1.32 bits per heavy atom. The lowest BCUT2D eigenvalue weighted by molar-refractivity contribution is 0.0324. The van der Waals surface area contributed by atoms with E-state index in [1.807, 2.05) is 45.7 Å². The number of halogens is 1. The molecule has 6 nitrogen and oxygen atoms in total. The number of carbonyl (C=O) groups excluding carboxylic acids is 1. The number of aliphatic hydroxyl groups is 1. The van der Waals surface area contributed by atoms with Crippen molar-refractivity contribution in [3.05, 3.63) is 59.0 Å². The summed E-state index contributed by atoms with van der Waals surface area (Å²) in [5.41, 5.74) is 1.59. The van der Waals surface area contributed by atoms with Crippen molar-refractivity contribution in [2.24, 2.45) is 11.8 Å². The smallest absolute Gasteiger partial charge is 0.259 e. The number of benzene rings is 1. The number of nitrogens with zero attached hydrogens (tertiary/aromatic N) is 3. The van der Waals surface area contributed by atoms with Gasteiger partial charge in [-0.25, -0.2) is 9.37 Å². The van der Waals surface area contributed by atoms with Crippen molar-refractivity contribution >= 4 is 5.91 Å². The van der Waals surface area contributed by atoms with Gasteiger partial charge < -0.3 is 14.7 Å². The lowest BCUT2D eigenvalue weighted by Gasteiger charge is -2.37.